The maximum atomic E-state index is 13.4. The summed E-state index contributed by atoms with van der Waals surface area (Å²) >= 11 is 0. The molecule has 0 fully saturated rings. The Bertz CT molecular complexity index is 978. The molecule has 6 heteroatoms. The largest absolute Gasteiger partial charge is 0.507 e. The van der Waals surface area contributed by atoms with Crippen molar-refractivity contribution in [2.24, 2.45) is 16.7 Å². The van der Waals surface area contributed by atoms with Gasteiger partial charge in [0.25, 0.3) is 0 Å². The summed E-state index contributed by atoms with van der Waals surface area (Å²) in [6.07, 6.45) is 0.511. The van der Waals surface area contributed by atoms with Gasteiger partial charge in [0.05, 0.1) is 10.8 Å². The second kappa shape index (κ2) is 6.44. The standard InChI is InChI=1S/C23H28O6/c1-10(2)8-12-16-14(26)9-13(25)15(11(3)24)18(16)29-20-17(12)19(27)22(4,5)21(28)23(20,6)7/h9-10,12,25-26H,8H2,1-7H3. The summed E-state index contributed by atoms with van der Waals surface area (Å²) in [5, 5.41) is 21.0. The van der Waals surface area contributed by atoms with Gasteiger partial charge >= 0.3 is 0 Å². The third-order valence-electron chi connectivity index (χ3n) is 6.00. The molecule has 6 nitrogen and oxygen atoms in total. The minimum absolute atomic E-state index is 0.0350. The van der Waals surface area contributed by atoms with Crippen LogP contribution in [0.2, 0.25) is 0 Å². The topological polar surface area (TPSA) is 101 Å². The van der Waals surface area contributed by atoms with Crippen LogP contribution in [0.15, 0.2) is 17.4 Å². The van der Waals surface area contributed by atoms with E-state index >= 15 is 0 Å². The third kappa shape index (κ3) is 2.88. The smallest absolute Gasteiger partial charge is 0.175 e. The Balaban J connectivity index is 2.42. The number of allylic oxidation sites excluding steroid dienone is 2. The van der Waals surface area contributed by atoms with E-state index < -0.39 is 28.3 Å². The monoisotopic (exact) mass is 400 g/mol. The van der Waals surface area contributed by atoms with Crippen molar-refractivity contribution in [3.63, 3.8) is 0 Å². The Morgan fingerprint density at radius 1 is 1.10 bits per heavy atom. The van der Waals surface area contributed by atoms with E-state index in [1.54, 1.807) is 27.7 Å². The fourth-order valence-electron chi connectivity index (χ4n) is 4.65. The molecule has 156 valence electrons. The first-order valence-corrected chi connectivity index (χ1v) is 9.84. The van der Waals surface area contributed by atoms with E-state index in [0.29, 0.717) is 17.6 Å². The molecule has 1 atom stereocenters. The van der Waals surface area contributed by atoms with Crippen LogP contribution in [-0.2, 0) is 9.59 Å². The van der Waals surface area contributed by atoms with E-state index in [0.717, 1.165) is 6.07 Å². The van der Waals surface area contributed by atoms with Crippen molar-refractivity contribution in [2.75, 3.05) is 0 Å². The number of Topliss-reactive ketones (excluding diaryl/α,β-unsaturated/α-hetero) is 3. The summed E-state index contributed by atoms with van der Waals surface area (Å²) in [7, 11) is 0. The molecule has 0 radical (unpaired) electrons. The molecule has 0 spiro atoms. The number of hydrogen-bond donors (Lipinski definition) is 2. The third-order valence-corrected chi connectivity index (χ3v) is 6.00. The second-order valence-corrected chi connectivity index (χ2v) is 9.52. The van der Waals surface area contributed by atoms with Crippen LogP contribution in [0.5, 0.6) is 17.2 Å². The van der Waals surface area contributed by atoms with Crippen LogP contribution in [0.3, 0.4) is 0 Å². The number of carbonyl (C=O) groups is 3. The van der Waals surface area contributed by atoms with Gasteiger partial charge in [-0.25, -0.2) is 0 Å². The molecule has 1 aromatic rings. The minimum atomic E-state index is -1.23. The SMILES string of the molecule is CC(=O)c1c(O)cc(O)c2c1OC1=C(C(=O)C(C)(C)C(=O)C1(C)C)C2CC(C)C. The molecule has 1 aromatic carbocycles. The molecule has 1 aliphatic carbocycles. The highest BCUT2D eigenvalue weighted by molar-refractivity contribution is 6.20. The molecule has 0 aromatic heterocycles. The maximum absolute atomic E-state index is 13.4. The molecule has 0 saturated carbocycles. The fraction of sp³-hybridized carbons (Fsp3) is 0.522. The first-order chi connectivity index (χ1) is 13.2. The van der Waals surface area contributed by atoms with Crippen LogP contribution in [0.25, 0.3) is 0 Å². The molecular weight excluding hydrogens is 372 g/mol. The predicted molar refractivity (Wildman–Crippen MR) is 107 cm³/mol. The van der Waals surface area contributed by atoms with E-state index in [-0.39, 0.29) is 40.3 Å². The van der Waals surface area contributed by atoms with Gasteiger partial charge in [0.1, 0.15) is 28.6 Å². The highest BCUT2D eigenvalue weighted by Crippen LogP contribution is 2.57. The lowest BCUT2D eigenvalue weighted by Crippen LogP contribution is -2.51. The van der Waals surface area contributed by atoms with Crippen LogP contribution < -0.4 is 4.74 Å². The minimum Gasteiger partial charge on any atom is -0.507 e. The van der Waals surface area contributed by atoms with E-state index in [1.165, 1.54) is 6.92 Å². The fourth-order valence-corrected chi connectivity index (χ4v) is 4.65. The van der Waals surface area contributed by atoms with E-state index in [1.807, 2.05) is 13.8 Å². The number of rotatable bonds is 3. The van der Waals surface area contributed by atoms with Gasteiger partial charge < -0.3 is 14.9 Å². The summed E-state index contributed by atoms with van der Waals surface area (Å²) in [5.74, 6) is -1.81. The summed E-state index contributed by atoms with van der Waals surface area (Å²) < 4.78 is 6.05. The molecule has 0 bridgehead atoms. The molecule has 2 aliphatic rings. The summed E-state index contributed by atoms with van der Waals surface area (Å²) in [5.41, 5.74) is -1.70. The number of ketones is 3. The van der Waals surface area contributed by atoms with Crippen molar-refractivity contribution in [3.05, 3.63) is 28.5 Å². The second-order valence-electron chi connectivity index (χ2n) is 9.52. The summed E-state index contributed by atoms with van der Waals surface area (Å²) in [6.45, 7) is 11.9. The normalized spacial score (nSPS) is 22.3. The molecule has 0 saturated heterocycles. The lowest BCUT2D eigenvalue weighted by atomic mass is 9.59. The van der Waals surface area contributed by atoms with Crippen LogP contribution in [0, 0.1) is 16.7 Å². The first-order valence-electron chi connectivity index (χ1n) is 9.84. The number of phenolic OH excluding ortho intramolecular Hbond substituents is 2. The molecule has 2 N–H and O–H groups in total. The zero-order valence-electron chi connectivity index (χ0n) is 18.0. The van der Waals surface area contributed by atoms with Crippen LogP contribution in [-0.4, -0.2) is 27.6 Å². The predicted octanol–water partition coefficient (Wildman–Crippen LogP) is 4.28. The average molecular weight is 400 g/mol. The molecule has 1 unspecified atom stereocenters. The Morgan fingerprint density at radius 3 is 2.21 bits per heavy atom. The van der Waals surface area contributed by atoms with Crippen molar-refractivity contribution in [2.45, 2.75) is 60.8 Å². The van der Waals surface area contributed by atoms with E-state index in [4.69, 9.17) is 4.74 Å². The van der Waals surface area contributed by atoms with Crippen molar-refractivity contribution in [1.29, 1.82) is 0 Å². The maximum Gasteiger partial charge on any atom is 0.175 e. The lowest BCUT2D eigenvalue weighted by molar-refractivity contribution is -0.144. The summed E-state index contributed by atoms with van der Waals surface area (Å²) in [4.78, 5) is 38.8. The van der Waals surface area contributed by atoms with E-state index in [9.17, 15) is 24.6 Å². The molecule has 29 heavy (non-hydrogen) atoms. The van der Waals surface area contributed by atoms with Crippen LogP contribution in [0.1, 0.15) is 76.7 Å². The number of ether oxygens (including phenoxy) is 1. The number of phenols is 2. The van der Waals surface area contributed by atoms with Crippen molar-refractivity contribution < 1.29 is 29.3 Å². The zero-order chi connectivity index (χ0) is 22.0. The Kier molecular flexibility index (Phi) is 4.68. The van der Waals surface area contributed by atoms with Crippen molar-refractivity contribution >= 4 is 17.3 Å². The number of benzene rings is 1. The number of hydrogen-bond acceptors (Lipinski definition) is 6. The molecular formula is C23H28O6. The zero-order valence-corrected chi connectivity index (χ0v) is 18.0. The van der Waals surface area contributed by atoms with Gasteiger partial charge in [-0.05, 0) is 47.0 Å². The van der Waals surface area contributed by atoms with Gasteiger partial charge in [-0.15, -0.1) is 0 Å². The van der Waals surface area contributed by atoms with Gasteiger partial charge in [-0.3, -0.25) is 14.4 Å². The van der Waals surface area contributed by atoms with Crippen molar-refractivity contribution in [3.8, 4) is 17.2 Å². The highest BCUT2D eigenvalue weighted by atomic mass is 16.5. The Labute approximate surface area is 170 Å². The van der Waals surface area contributed by atoms with Crippen molar-refractivity contribution in [1.82, 2.24) is 0 Å². The van der Waals surface area contributed by atoms with Gasteiger partial charge in [-0.2, -0.15) is 0 Å². The Hall–Kier alpha value is -2.63. The van der Waals surface area contributed by atoms with Crippen LogP contribution >= 0.6 is 0 Å². The number of aromatic hydroxyl groups is 2. The summed E-state index contributed by atoms with van der Waals surface area (Å²) in [6, 6.07) is 1.12. The number of fused-ring (bicyclic) bond motifs is 1. The van der Waals surface area contributed by atoms with Gasteiger partial charge in [0, 0.05) is 23.1 Å². The number of carbonyl (C=O) groups excluding carboxylic acids is 3. The quantitative estimate of drug-likeness (QED) is 0.580. The van der Waals surface area contributed by atoms with Gasteiger partial charge in [0.2, 0.25) is 0 Å². The molecule has 3 rings (SSSR count). The van der Waals surface area contributed by atoms with Gasteiger partial charge in [-0.1, -0.05) is 13.8 Å². The van der Waals surface area contributed by atoms with Crippen LogP contribution in [0.4, 0.5) is 0 Å². The molecule has 0 amide bonds. The molecule has 1 heterocycles. The average Bonchev–Trinajstić information content (AvgIpc) is 2.57. The highest BCUT2D eigenvalue weighted by Gasteiger charge is 2.57. The van der Waals surface area contributed by atoms with Gasteiger partial charge in [0.15, 0.2) is 17.3 Å². The Morgan fingerprint density at radius 2 is 1.69 bits per heavy atom. The molecule has 1 aliphatic heterocycles. The first kappa shape index (κ1) is 21.1. The lowest BCUT2D eigenvalue weighted by Gasteiger charge is -2.45. The van der Waals surface area contributed by atoms with E-state index in [2.05, 4.69) is 0 Å².